The number of nitrogens with one attached hydrogen (secondary N) is 1. The Balaban J connectivity index is 1.84. The number of H-pyrrole nitrogens is 1. The first-order valence-corrected chi connectivity index (χ1v) is 10.5. The Kier molecular flexibility index (Phi) is 5.81. The Morgan fingerprint density at radius 1 is 0.968 bits per heavy atom. The molecule has 31 heavy (non-hydrogen) atoms. The lowest BCUT2D eigenvalue weighted by molar-refractivity contribution is 0.0985. The summed E-state index contributed by atoms with van der Waals surface area (Å²) in [7, 11) is 0. The second-order valence-electron chi connectivity index (χ2n) is 6.95. The number of thiophene rings is 1. The van der Waals surface area contributed by atoms with Crippen LogP contribution < -0.4 is 21.9 Å². The molecule has 4 aromatic rings. The van der Waals surface area contributed by atoms with E-state index in [2.05, 4.69) is 4.98 Å². The van der Waals surface area contributed by atoms with Crippen LogP contribution in [0.2, 0.25) is 0 Å². The number of hydrogen-bond donors (Lipinski definition) is 2. The molecule has 2 aromatic heterocycles. The number of anilines is 2. The summed E-state index contributed by atoms with van der Waals surface area (Å²) in [5, 5.41) is 3.50. The van der Waals surface area contributed by atoms with E-state index in [-0.39, 0.29) is 30.5 Å². The molecule has 0 atom stereocenters. The molecule has 1 amide bonds. The minimum atomic E-state index is -0.702. The van der Waals surface area contributed by atoms with E-state index in [1.807, 2.05) is 60.7 Å². The summed E-state index contributed by atoms with van der Waals surface area (Å²) < 4.78 is 1.27. The van der Waals surface area contributed by atoms with E-state index in [1.165, 1.54) is 20.8 Å². The van der Waals surface area contributed by atoms with Crippen LogP contribution in [0.25, 0.3) is 0 Å². The number of amides is 1. The van der Waals surface area contributed by atoms with E-state index >= 15 is 0 Å². The zero-order chi connectivity index (χ0) is 21.8. The first-order chi connectivity index (χ1) is 15.0. The van der Waals surface area contributed by atoms with Gasteiger partial charge >= 0.3 is 5.69 Å². The highest BCUT2D eigenvalue weighted by molar-refractivity contribution is 7.08. The van der Waals surface area contributed by atoms with Crippen LogP contribution in [0.15, 0.2) is 87.1 Å². The van der Waals surface area contributed by atoms with Crippen molar-refractivity contribution in [1.82, 2.24) is 9.55 Å². The quantitative estimate of drug-likeness (QED) is 0.489. The van der Waals surface area contributed by atoms with Crippen LogP contribution in [-0.4, -0.2) is 15.5 Å². The zero-order valence-electron chi connectivity index (χ0n) is 16.5. The standard InChI is InChI=1S/C23H20N4O3S/c24-20-19(21(28)25-23(30)27(20)14-17-9-5-2-6-10-17)26(13-16-7-3-1-4-8-16)22(29)18-11-12-31-15-18/h1-12,15H,13-14,24H2,(H,25,28,30). The summed E-state index contributed by atoms with van der Waals surface area (Å²) in [5.74, 6) is -0.427. The van der Waals surface area contributed by atoms with E-state index in [0.29, 0.717) is 5.56 Å². The number of nitrogens with two attached hydrogens (primary N) is 1. The van der Waals surface area contributed by atoms with Crippen molar-refractivity contribution in [2.24, 2.45) is 0 Å². The smallest absolute Gasteiger partial charge is 0.330 e. The minimum absolute atomic E-state index is 0.0458. The molecule has 0 spiro atoms. The molecule has 0 bridgehead atoms. The van der Waals surface area contributed by atoms with Gasteiger partial charge in [0.25, 0.3) is 11.5 Å². The Labute approximate surface area is 182 Å². The van der Waals surface area contributed by atoms with Gasteiger partial charge in [-0.2, -0.15) is 11.3 Å². The van der Waals surface area contributed by atoms with Crippen molar-refractivity contribution in [2.45, 2.75) is 13.1 Å². The molecule has 2 heterocycles. The van der Waals surface area contributed by atoms with Crippen molar-refractivity contribution in [3.63, 3.8) is 0 Å². The van der Waals surface area contributed by atoms with Crippen LogP contribution in [0.5, 0.6) is 0 Å². The maximum absolute atomic E-state index is 13.3. The molecule has 0 unspecified atom stereocenters. The second kappa shape index (κ2) is 8.85. The van der Waals surface area contributed by atoms with Gasteiger partial charge < -0.3 is 5.73 Å². The monoisotopic (exact) mass is 432 g/mol. The summed E-state index contributed by atoms with van der Waals surface area (Å²) >= 11 is 1.38. The molecule has 0 aliphatic heterocycles. The van der Waals surface area contributed by atoms with Crippen LogP contribution >= 0.6 is 11.3 Å². The van der Waals surface area contributed by atoms with Crippen LogP contribution in [0.1, 0.15) is 21.5 Å². The Bertz CT molecular complexity index is 1300. The number of aromatic amines is 1. The normalized spacial score (nSPS) is 10.7. The molecule has 0 fully saturated rings. The van der Waals surface area contributed by atoms with Crippen molar-refractivity contribution in [3.05, 3.63) is 115 Å². The van der Waals surface area contributed by atoms with Gasteiger partial charge in [-0.1, -0.05) is 60.7 Å². The largest absolute Gasteiger partial charge is 0.383 e. The Hall–Kier alpha value is -3.91. The van der Waals surface area contributed by atoms with Gasteiger partial charge in [0.1, 0.15) is 5.82 Å². The van der Waals surface area contributed by atoms with Gasteiger partial charge in [-0.05, 0) is 22.6 Å². The van der Waals surface area contributed by atoms with Crippen LogP contribution in [0.3, 0.4) is 0 Å². The van der Waals surface area contributed by atoms with E-state index in [4.69, 9.17) is 5.73 Å². The molecule has 0 aliphatic rings. The molecular weight excluding hydrogens is 412 g/mol. The van der Waals surface area contributed by atoms with E-state index in [0.717, 1.165) is 11.1 Å². The number of hydrogen-bond acceptors (Lipinski definition) is 5. The van der Waals surface area contributed by atoms with Gasteiger partial charge in [0.15, 0.2) is 5.69 Å². The maximum atomic E-state index is 13.3. The lowest BCUT2D eigenvalue weighted by atomic mass is 10.1. The van der Waals surface area contributed by atoms with Crippen molar-refractivity contribution in [1.29, 1.82) is 0 Å². The van der Waals surface area contributed by atoms with Gasteiger partial charge in [-0.3, -0.25) is 24.0 Å². The maximum Gasteiger partial charge on any atom is 0.330 e. The highest BCUT2D eigenvalue weighted by atomic mass is 32.1. The Morgan fingerprint density at radius 3 is 2.23 bits per heavy atom. The van der Waals surface area contributed by atoms with Crippen molar-refractivity contribution >= 4 is 28.7 Å². The molecule has 156 valence electrons. The Morgan fingerprint density at radius 2 is 1.61 bits per heavy atom. The topological polar surface area (TPSA) is 101 Å². The van der Waals surface area contributed by atoms with Crippen LogP contribution in [-0.2, 0) is 13.1 Å². The fourth-order valence-electron chi connectivity index (χ4n) is 3.32. The lowest BCUT2D eigenvalue weighted by Gasteiger charge is -2.24. The third kappa shape index (κ3) is 4.34. The molecule has 0 radical (unpaired) electrons. The lowest BCUT2D eigenvalue weighted by Crippen LogP contribution is -2.41. The number of benzene rings is 2. The van der Waals surface area contributed by atoms with E-state index in [1.54, 1.807) is 16.8 Å². The molecule has 2 aromatic carbocycles. The highest BCUT2D eigenvalue weighted by Gasteiger charge is 2.26. The SMILES string of the molecule is Nc1c(N(Cc2ccccc2)C(=O)c2ccsc2)c(=O)[nH]c(=O)n1Cc1ccccc1. The van der Waals surface area contributed by atoms with Gasteiger partial charge in [0.05, 0.1) is 18.7 Å². The summed E-state index contributed by atoms with van der Waals surface area (Å²) in [6, 6.07) is 20.3. The molecule has 0 aliphatic carbocycles. The van der Waals surface area contributed by atoms with E-state index in [9.17, 15) is 14.4 Å². The van der Waals surface area contributed by atoms with Gasteiger partial charge in [-0.15, -0.1) is 0 Å². The number of carbonyl (C=O) groups is 1. The average Bonchev–Trinajstić information content (AvgIpc) is 3.32. The van der Waals surface area contributed by atoms with Gasteiger partial charge in [0, 0.05) is 5.38 Å². The summed E-state index contributed by atoms with van der Waals surface area (Å²) in [5.41, 5.74) is 7.07. The molecular formula is C23H20N4O3S. The average molecular weight is 433 g/mol. The molecule has 7 nitrogen and oxygen atoms in total. The van der Waals surface area contributed by atoms with Crippen molar-refractivity contribution in [3.8, 4) is 0 Å². The fraction of sp³-hybridized carbons (Fsp3) is 0.0870. The molecule has 8 heteroatoms. The van der Waals surface area contributed by atoms with Gasteiger partial charge in [-0.25, -0.2) is 4.79 Å². The third-order valence-electron chi connectivity index (χ3n) is 4.86. The second-order valence-corrected chi connectivity index (χ2v) is 7.73. The summed E-state index contributed by atoms with van der Waals surface area (Å²) in [6.45, 7) is 0.299. The first kappa shape index (κ1) is 20.4. The van der Waals surface area contributed by atoms with Crippen molar-refractivity contribution < 1.29 is 4.79 Å². The zero-order valence-corrected chi connectivity index (χ0v) is 17.3. The number of nitrogen functional groups attached to an aromatic ring is 1. The predicted octanol–water partition coefficient (Wildman–Crippen LogP) is 3.08. The summed E-state index contributed by atoms with van der Waals surface area (Å²) in [6.07, 6.45) is 0. The molecule has 3 N–H and O–H groups in total. The fourth-order valence-corrected chi connectivity index (χ4v) is 3.95. The molecule has 0 saturated heterocycles. The van der Waals surface area contributed by atoms with E-state index < -0.39 is 11.2 Å². The molecule has 4 rings (SSSR count). The number of carbonyl (C=O) groups excluding carboxylic acids is 1. The number of aromatic nitrogens is 2. The third-order valence-corrected chi connectivity index (χ3v) is 5.55. The summed E-state index contributed by atoms with van der Waals surface area (Å²) in [4.78, 5) is 42.3. The number of rotatable bonds is 6. The van der Waals surface area contributed by atoms with Crippen LogP contribution in [0.4, 0.5) is 11.5 Å². The minimum Gasteiger partial charge on any atom is -0.383 e. The highest BCUT2D eigenvalue weighted by Crippen LogP contribution is 2.23. The molecule has 0 saturated carbocycles. The van der Waals surface area contributed by atoms with Gasteiger partial charge in [0.2, 0.25) is 0 Å². The van der Waals surface area contributed by atoms with Crippen LogP contribution in [0, 0.1) is 0 Å². The first-order valence-electron chi connectivity index (χ1n) is 9.59. The van der Waals surface area contributed by atoms with Crippen molar-refractivity contribution in [2.75, 3.05) is 10.6 Å². The predicted molar refractivity (Wildman–Crippen MR) is 123 cm³/mol. The number of nitrogens with zero attached hydrogens (tertiary/aromatic N) is 2.